The van der Waals surface area contributed by atoms with Crippen molar-refractivity contribution in [1.82, 2.24) is 4.90 Å². The van der Waals surface area contributed by atoms with Gasteiger partial charge in [-0.3, -0.25) is 9.59 Å². The lowest BCUT2D eigenvalue weighted by molar-refractivity contribution is -0.140. The monoisotopic (exact) mass is 284 g/mol. The molecule has 2 amide bonds. The van der Waals surface area contributed by atoms with Crippen LogP contribution in [0.5, 0.6) is 0 Å². The summed E-state index contributed by atoms with van der Waals surface area (Å²) in [5.41, 5.74) is 0.322. The lowest BCUT2D eigenvalue weighted by atomic mass is 10.2. The average molecular weight is 284 g/mol. The molecule has 7 nitrogen and oxygen atoms in total. The number of benzene rings is 1. The second-order valence-corrected chi connectivity index (χ2v) is 3.99. The predicted octanol–water partition coefficient (Wildman–Crippen LogP) is 1.14. The highest BCUT2D eigenvalue weighted by Crippen LogP contribution is 2.17. The number of hydrogen-bond acceptors (Lipinski definition) is 3. The molecule has 8 heteroatoms. The molecule has 0 aliphatic rings. The minimum atomic E-state index is -1.35. The van der Waals surface area contributed by atoms with Gasteiger partial charge in [0.1, 0.15) is 18.9 Å². The van der Waals surface area contributed by atoms with E-state index in [1.54, 1.807) is 0 Å². The number of hydrogen-bond donors (Lipinski definition) is 3. The topological polar surface area (TPSA) is 107 Å². The van der Waals surface area contributed by atoms with Crippen molar-refractivity contribution in [2.24, 2.45) is 0 Å². The highest BCUT2D eigenvalue weighted by atomic mass is 19.1. The van der Waals surface area contributed by atoms with Crippen LogP contribution in [0.25, 0.3) is 0 Å². The van der Waals surface area contributed by atoms with Crippen LogP contribution < -0.4 is 5.32 Å². The number of carbonyl (C=O) groups excluding carboxylic acids is 1. The van der Waals surface area contributed by atoms with Crippen molar-refractivity contribution in [3.8, 4) is 0 Å². The van der Waals surface area contributed by atoms with Crippen LogP contribution in [0.3, 0.4) is 0 Å². The number of aliphatic carboxylic acids is 2. The molecule has 3 N–H and O–H groups in total. The summed E-state index contributed by atoms with van der Waals surface area (Å²) in [6.45, 7) is -0.108. The molecule has 1 aromatic rings. The van der Waals surface area contributed by atoms with Crippen molar-refractivity contribution < 1.29 is 29.0 Å². The van der Waals surface area contributed by atoms with E-state index in [-0.39, 0.29) is 11.3 Å². The number of nitrogens with one attached hydrogen (secondary N) is 1. The maximum Gasteiger partial charge on any atom is 0.323 e. The molecule has 0 atom stereocenters. The number of rotatable bonds is 5. The van der Waals surface area contributed by atoms with Crippen molar-refractivity contribution in [1.29, 1.82) is 0 Å². The third-order valence-corrected chi connectivity index (χ3v) is 2.45. The third-order valence-electron chi connectivity index (χ3n) is 2.45. The van der Waals surface area contributed by atoms with Crippen LogP contribution in [0.4, 0.5) is 14.9 Å². The smallest absolute Gasteiger partial charge is 0.323 e. The molecule has 0 unspecified atom stereocenters. The van der Waals surface area contributed by atoms with E-state index in [1.807, 2.05) is 0 Å². The number of carboxylic acid groups (broad SMARTS) is 2. The zero-order valence-electron chi connectivity index (χ0n) is 10.6. The molecule has 0 aliphatic heterocycles. The Hall–Kier alpha value is -2.64. The summed E-state index contributed by atoms with van der Waals surface area (Å²) in [7, 11) is 0. The van der Waals surface area contributed by atoms with Crippen molar-refractivity contribution in [3.63, 3.8) is 0 Å². The second kappa shape index (κ2) is 6.50. The van der Waals surface area contributed by atoms with Gasteiger partial charge in [0, 0.05) is 11.3 Å². The van der Waals surface area contributed by atoms with Crippen molar-refractivity contribution in [2.75, 3.05) is 18.4 Å². The van der Waals surface area contributed by atoms with Gasteiger partial charge >= 0.3 is 18.0 Å². The van der Waals surface area contributed by atoms with Crippen LogP contribution in [-0.2, 0) is 9.59 Å². The van der Waals surface area contributed by atoms with E-state index in [9.17, 15) is 18.8 Å². The van der Waals surface area contributed by atoms with Crippen LogP contribution >= 0.6 is 0 Å². The zero-order chi connectivity index (χ0) is 15.3. The minimum absolute atomic E-state index is 0.149. The summed E-state index contributed by atoms with van der Waals surface area (Å²) < 4.78 is 13.3. The quantitative estimate of drug-likeness (QED) is 0.751. The predicted molar refractivity (Wildman–Crippen MR) is 67.0 cm³/mol. The van der Waals surface area contributed by atoms with E-state index in [1.165, 1.54) is 25.1 Å². The van der Waals surface area contributed by atoms with Crippen LogP contribution in [0.1, 0.15) is 5.56 Å². The highest BCUT2D eigenvalue weighted by Gasteiger charge is 2.20. The van der Waals surface area contributed by atoms with Crippen LogP contribution in [0.15, 0.2) is 18.2 Å². The normalized spacial score (nSPS) is 9.90. The zero-order valence-corrected chi connectivity index (χ0v) is 10.6. The standard InChI is InChI=1S/C12H13FN2O5/c1-7-8(13)3-2-4-9(7)14-12(20)15(5-10(16)17)6-11(18)19/h2-4H,5-6H2,1H3,(H,14,20)(H,16,17)(H,18,19). The molecular weight excluding hydrogens is 271 g/mol. The molecule has 1 aromatic carbocycles. The van der Waals surface area contributed by atoms with Gasteiger partial charge in [0.15, 0.2) is 0 Å². The van der Waals surface area contributed by atoms with Gasteiger partial charge in [-0.2, -0.15) is 0 Å². The molecular formula is C12H13FN2O5. The first-order chi connectivity index (χ1) is 9.31. The summed E-state index contributed by atoms with van der Waals surface area (Å²) in [4.78, 5) is 33.6. The van der Waals surface area contributed by atoms with Crippen LogP contribution in [-0.4, -0.2) is 46.2 Å². The molecule has 0 aromatic heterocycles. The third kappa shape index (κ3) is 4.23. The first-order valence-electron chi connectivity index (χ1n) is 5.56. The maximum atomic E-state index is 13.3. The molecule has 1 rings (SSSR count). The lowest BCUT2D eigenvalue weighted by Gasteiger charge is -2.19. The van der Waals surface area contributed by atoms with Crippen molar-refractivity contribution >= 4 is 23.7 Å². The van der Waals surface area contributed by atoms with Crippen molar-refractivity contribution in [2.45, 2.75) is 6.92 Å². The number of urea groups is 1. The van der Waals surface area contributed by atoms with E-state index in [0.717, 1.165) is 0 Å². The maximum absolute atomic E-state index is 13.3. The number of nitrogens with zero attached hydrogens (tertiary/aromatic N) is 1. The van der Waals surface area contributed by atoms with Gasteiger partial charge in [-0.1, -0.05) is 6.07 Å². The van der Waals surface area contributed by atoms with Crippen molar-refractivity contribution in [3.05, 3.63) is 29.6 Å². The SMILES string of the molecule is Cc1c(F)cccc1NC(=O)N(CC(=O)O)CC(=O)O. The van der Waals surface area contributed by atoms with Gasteiger partial charge in [-0.25, -0.2) is 9.18 Å². The molecule has 0 radical (unpaired) electrons. The Morgan fingerprint density at radius 1 is 1.20 bits per heavy atom. The molecule has 108 valence electrons. The fourth-order valence-corrected chi connectivity index (χ4v) is 1.46. The lowest BCUT2D eigenvalue weighted by Crippen LogP contribution is -2.42. The molecule has 20 heavy (non-hydrogen) atoms. The van der Waals surface area contributed by atoms with Gasteiger partial charge in [0.25, 0.3) is 0 Å². The molecule has 0 fully saturated rings. The summed E-state index contributed by atoms with van der Waals surface area (Å²) in [6.07, 6.45) is 0. The molecule has 0 heterocycles. The molecule has 0 spiro atoms. The molecule has 0 saturated heterocycles. The number of carboxylic acids is 2. The largest absolute Gasteiger partial charge is 0.480 e. The summed E-state index contributed by atoms with van der Waals surface area (Å²) >= 11 is 0. The molecule has 0 aliphatic carbocycles. The Kier molecular flexibility index (Phi) is 5.01. The fraction of sp³-hybridized carbons (Fsp3) is 0.250. The van der Waals surface area contributed by atoms with Gasteiger partial charge in [-0.15, -0.1) is 0 Å². The van der Waals surface area contributed by atoms with Crippen LogP contribution in [0.2, 0.25) is 0 Å². The Labute approximate surface area is 113 Å². The number of amides is 2. The minimum Gasteiger partial charge on any atom is -0.480 e. The summed E-state index contributed by atoms with van der Waals surface area (Å²) in [5.74, 6) is -3.24. The Balaban J connectivity index is 2.87. The summed E-state index contributed by atoms with van der Waals surface area (Å²) in [6, 6.07) is 3.08. The first-order valence-corrected chi connectivity index (χ1v) is 5.56. The van der Waals surface area contributed by atoms with E-state index < -0.39 is 36.9 Å². The van der Waals surface area contributed by atoms with Gasteiger partial charge < -0.3 is 20.4 Å². The van der Waals surface area contributed by atoms with Gasteiger partial charge in [-0.05, 0) is 19.1 Å². The Morgan fingerprint density at radius 2 is 1.75 bits per heavy atom. The highest BCUT2D eigenvalue weighted by molar-refractivity contribution is 5.93. The Morgan fingerprint density at radius 3 is 2.25 bits per heavy atom. The molecule has 0 saturated carbocycles. The van der Waals surface area contributed by atoms with Gasteiger partial charge in [0.05, 0.1) is 0 Å². The van der Waals surface area contributed by atoms with Gasteiger partial charge in [0.2, 0.25) is 0 Å². The van der Waals surface area contributed by atoms with E-state index in [2.05, 4.69) is 5.32 Å². The Bertz CT molecular complexity index is 531. The average Bonchev–Trinajstić information content (AvgIpc) is 2.33. The van der Waals surface area contributed by atoms with E-state index in [4.69, 9.17) is 10.2 Å². The second-order valence-electron chi connectivity index (χ2n) is 3.99. The number of carbonyl (C=O) groups is 3. The van der Waals surface area contributed by atoms with Crippen LogP contribution in [0, 0.1) is 12.7 Å². The first kappa shape index (κ1) is 15.4. The fourth-order valence-electron chi connectivity index (χ4n) is 1.46. The number of halogens is 1. The van der Waals surface area contributed by atoms with E-state index in [0.29, 0.717) is 4.90 Å². The summed E-state index contributed by atoms with van der Waals surface area (Å²) in [5, 5.41) is 19.6. The number of anilines is 1. The molecule has 0 bridgehead atoms. The van der Waals surface area contributed by atoms with E-state index >= 15 is 0 Å².